The summed E-state index contributed by atoms with van der Waals surface area (Å²) >= 11 is 0. The molecular weight excluding hydrogens is 156 g/mol. The van der Waals surface area contributed by atoms with E-state index in [0.29, 0.717) is 12.4 Å². The zero-order chi connectivity index (χ0) is 8.39. The molecule has 2 rings (SSSR count). The van der Waals surface area contributed by atoms with Crippen molar-refractivity contribution in [3.8, 4) is 0 Å². The van der Waals surface area contributed by atoms with E-state index in [4.69, 9.17) is 0 Å². The van der Waals surface area contributed by atoms with E-state index in [2.05, 4.69) is 19.8 Å². The van der Waals surface area contributed by atoms with Crippen LogP contribution >= 0.6 is 0 Å². The van der Waals surface area contributed by atoms with Crippen LogP contribution in [-0.4, -0.2) is 19.9 Å². The molecule has 5 nitrogen and oxygen atoms in total. The summed E-state index contributed by atoms with van der Waals surface area (Å²) in [6.45, 7) is 2.54. The number of hydrogen-bond acceptors (Lipinski definition) is 4. The first-order valence-electron chi connectivity index (χ1n) is 3.60. The highest BCUT2D eigenvalue weighted by atomic mass is 16.5. The Morgan fingerprint density at radius 1 is 1.58 bits per heavy atom. The minimum absolute atomic E-state index is 0.565. The molecule has 2 heterocycles. The minimum atomic E-state index is 0.565. The van der Waals surface area contributed by atoms with Gasteiger partial charge in [-0.15, -0.1) is 0 Å². The van der Waals surface area contributed by atoms with Gasteiger partial charge in [-0.3, -0.25) is 4.68 Å². The van der Waals surface area contributed by atoms with Crippen molar-refractivity contribution < 1.29 is 4.52 Å². The van der Waals surface area contributed by atoms with E-state index in [1.807, 2.05) is 17.7 Å². The first-order chi connectivity index (χ1) is 5.86. The molecule has 0 unspecified atom stereocenters. The molecule has 0 aliphatic rings. The maximum atomic E-state index is 4.60. The predicted octanol–water partition coefficient (Wildman–Crippen LogP) is 0.623. The molecule has 0 saturated carbocycles. The molecular formula is C7H8N4O. The molecule has 0 aliphatic heterocycles. The van der Waals surface area contributed by atoms with Gasteiger partial charge in [-0.1, -0.05) is 5.16 Å². The van der Waals surface area contributed by atoms with Gasteiger partial charge in [-0.2, -0.15) is 10.1 Å². The molecule has 2 aromatic heterocycles. The van der Waals surface area contributed by atoms with Gasteiger partial charge in [-0.25, -0.2) is 0 Å². The number of aryl methyl sites for hydroxylation is 1. The third kappa shape index (κ3) is 1.20. The first-order valence-corrected chi connectivity index (χ1v) is 3.60. The van der Waals surface area contributed by atoms with Crippen molar-refractivity contribution in [3.05, 3.63) is 30.2 Å². The lowest BCUT2D eigenvalue weighted by atomic mass is 10.5. The molecule has 2 aromatic rings. The Hall–Kier alpha value is -1.65. The van der Waals surface area contributed by atoms with Crippen LogP contribution in [0.2, 0.25) is 0 Å². The van der Waals surface area contributed by atoms with Crippen molar-refractivity contribution >= 4 is 0 Å². The highest BCUT2D eigenvalue weighted by Crippen LogP contribution is 1.98. The second kappa shape index (κ2) is 2.77. The second-order valence-corrected chi connectivity index (χ2v) is 2.48. The Kier molecular flexibility index (Phi) is 1.62. The van der Waals surface area contributed by atoms with Crippen LogP contribution in [0.5, 0.6) is 0 Å². The van der Waals surface area contributed by atoms with Gasteiger partial charge >= 0.3 is 0 Å². The van der Waals surface area contributed by atoms with E-state index >= 15 is 0 Å². The van der Waals surface area contributed by atoms with Gasteiger partial charge in [0.2, 0.25) is 6.39 Å². The summed E-state index contributed by atoms with van der Waals surface area (Å²) in [5.74, 6) is 0.641. The zero-order valence-electron chi connectivity index (χ0n) is 6.64. The quantitative estimate of drug-likeness (QED) is 0.653. The van der Waals surface area contributed by atoms with Crippen LogP contribution in [0.25, 0.3) is 0 Å². The van der Waals surface area contributed by atoms with Crippen molar-refractivity contribution in [2.24, 2.45) is 0 Å². The van der Waals surface area contributed by atoms with Gasteiger partial charge in [0.1, 0.15) is 6.54 Å². The van der Waals surface area contributed by atoms with E-state index in [1.165, 1.54) is 6.39 Å². The Balaban J connectivity index is 2.20. The SMILES string of the molecule is Cc1ccnn1Cc1ncon1. The molecule has 0 saturated heterocycles. The molecule has 0 N–H and O–H groups in total. The van der Waals surface area contributed by atoms with Gasteiger partial charge in [0.05, 0.1) is 0 Å². The Morgan fingerprint density at radius 2 is 2.50 bits per heavy atom. The molecule has 12 heavy (non-hydrogen) atoms. The van der Waals surface area contributed by atoms with Crippen LogP contribution < -0.4 is 0 Å². The Labute approximate surface area is 69.0 Å². The van der Waals surface area contributed by atoms with Gasteiger partial charge < -0.3 is 4.52 Å². The Morgan fingerprint density at radius 3 is 3.08 bits per heavy atom. The van der Waals surface area contributed by atoms with Crippen molar-refractivity contribution in [1.29, 1.82) is 0 Å². The molecule has 0 radical (unpaired) electrons. The number of nitrogens with zero attached hydrogens (tertiary/aromatic N) is 4. The summed E-state index contributed by atoms with van der Waals surface area (Å²) in [7, 11) is 0. The lowest BCUT2D eigenvalue weighted by Crippen LogP contribution is -2.04. The Bertz CT molecular complexity index is 351. The molecule has 0 spiro atoms. The van der Waals surface area contributed by atoms with E-state index in [9.17, 15) is 0 Å². The van der Waals surface area contributed by atoms with Crippen molar-refractivity contribution in [2.45, 2.75) is 13.5 Å². The summed E-state index contributed by atoms with van der Waals surface area (Å²) in [6.07, 6.45) is 3.06. The maximum absolute atomic E-state index is 4.60. The number of rotatable bonds is 2. The predicted molar refractivity (Wildman–Crippen MR) is 40.4 cm³/mol. The standard InChI is InChI=1S/C7H8N4O/c1-6-2-3-9-11(6)4-7-8-5-12-10-7/h2-3,5H,4H2,1H3. The average molecular weight is 164 g/mol. The third-order valence-electron chi connectivity index (χ3n) is 1.63. The van der Waals surface area contributed by atoms with E-state index in [-0.39, 0.29) is 0 Å². The second-order valence-electron chi connectivity index (χ2n) is 2.48. The topological polar surface area (TPSA) is 56.7 Å². The lowest BCUT2D eigenvalue weighted by molar-refractivity contribution is 0.406. The lowest BCUT2D eigenvalue weighted by Gasteiger charge is -1.97. The van der Waals surface area contributed by atoms with Gasteiger partial charge in [0.15, 0.2) is 5.82 Å². The number of aromatic nitrogens is 4. The molecule has 0 amide bonds. The van der Waals surface area contributed by atoms with E-state index in [0.717, 1.165) is 5.69 Å². The summed E-state index contributed by atoms with van der Waals surface area (Å²) in [5.41, 5.74) is 1.08. The van der Waals surface area contributed by atoms with Crippen molar-refractivity contribution in [2.75, 3.05) is 0 Å². The highest BCUT2D eigenvalue weighted by Gasteiger charge is 2.01. The zero-order valence-corrected chi connectivity index (χ0v) is 6.64. The smallest absolute Gasteiger partial charge is 0.213 e. The molecule has 0 bridgehead atoms. The van der Waals surface area contributed by atoms with Crippen molar-refractivity contribution in [3.63, 3.8) is 0 Å². The summed E-state index contributed by atoms with van der Waals surface area (Å²) in [6, 6.07) is 1.93. The summed E-state index contributed by atoms with van der Waals surface area (Å²) in [4.78, 5) is 3.89. The molecule has 5 heteroatoms. The fourth-order valence-electron chi connectivity index (χ4n) is 0.960. The molecule has 0 aliphatic carbocycles. The molecule has 0 aromatic carbocycles. The average Bonchev–Trinajstić information content (AvgIpc) is 2.65. The van der Waals surface area contributed by atoms with Crippen LogP contribution in [0.1, 0.15) is 11.5 Å². The van der Waals surface area contributed by atoms with Crippen LogP contribution in [0, 0.1) is 6.92 Å². The summed E-state index contributed by atoms with van der Waals surface area (Å²) < 4.78 is 6.41. The third-order valence-corrected chi connectivity index (χ3v) is 1.63. The minimum Gasteiger partial charge on any atom is -0.343 e. The maximum Gasteiger partial charge on any atom is 0.213 e. The highest BCUT2D eigenvalue weighted by molar-refractivity contribution is 4.98. The number of hydrogen-bond donors (Lipinski definition) is 0. The largest absolute Gasteiger partial charge is 0.343 e. The first kappa shape index (κ1) is 7.02. The fraction of sp³-hybridized carbons (Fsp3) is 0.286. The van der Waals surface area contributed by atoms with Gasteiger partial charge in [0.25, 0.3) is 0 Å². The van der Waals surface area contributed by atoms with Crippen LogP contribution in [0.3, 0.4) is 0 Å². The molecule has 0 atom stereocenters. The normalized spacial score (nSPS) is 10.4. The van der Waals surface area contributed by atoms with Gasteiger partial charge in [0, 0.05) is 11.9 Å². The monoisotopic (exact) mass is 164 g/mol. The van der Waals surface area contributed by atoms with E-state index < -0.39 is 0 Å². The van der Waals surface area contributed by atoms with E-state index in [1.54, 1.807) is 6.20 Å². The fourth-order valence-corrected chi connectivity index (χ4v) is 0.960. The molecule has 62 valence electrons. The van der Waals surface area contributed by atoms with Gasteiger partial charge in [-0.05, 0) is 13.0 Å². The van der Waals surface area contributed by atoms with Crippen LogP contribution in [0.15, 0.2) is 23.2 Å². The van der Waals surface area contributed by atoms with Crippen LogP contribution in [0.4, 0.5) is 0 Å². The summed E-state index contributed by atoms with van der Waals surface area (Å²) in [5, 5.41) is 7.77. The van der Waals surface area contributed by atoms with Crippen LogP contribution in [-0.2, 0) is 6.54 Å². The van der Waals surface area contributed by atoms with Crippen molar-refractivity contribution in [1.82, 2.24) is 19.9 Å². The molecule has 0 fully saturated rings.